The van der Waals surface area contributed by atoms with Crippen LogP contribution in [0.15, 0.2) is 85.1 Å². The molecule has 0 bridgehead atoms. The number of carbonyl (C=O) groups excluding carboxylic acids is 10. The Bertz CT molecular complexity index is 3360. The summed E-state index contributed by atoms with van der Waals surface area (Å²) in [7, 11) is 0. The van der Waals surface area contributed by atoms with Crippen LogP contribution < -0.4 is 59.3 Å². The number of para-hydroxylation sites is 1. The number of aliphatic hydroxyl groups excluding tert-OH is 1. The summed E-state index contributed by atoms with van der Waals surface area (Å²) in [5.41, 5.74) is 13.8. The first-order valence-corrected chi connectivity index (χ1v) is 31.8. The molecule has 1 aromatic heterocycles. The number of nitrogens with one attached hydrogen (secondary N) is 10. The predicted molar refractivity (Wildman–Crippen MR) is 349 cm³/mol. The van der Waals surface area contributed by atoms with Crippen LogP contribution in [0.5, 0.6) is 5.75 Å². The number of benzene rings is 3. The Morgan fingerprint density at radius 3 is 1.63 bits per heavy atom. The van der Waals surface area contributed by atoms with E-state index in [0.717, 1.165) is 4.90 Å². The summed E-state index contributed by atoms with van der Waals surface area (Å²) in [6, 6.07) is 4.32. The van der Waals surface area contributed by atoms with Crippen molar-refractivity contribution in [1.82, 2.24) is 57.7 Å². The molecule has 2 heterocycles. The van der Waals surface area contributed by atoms with Crippen molar-refractivity contribution in [3.63, 3.8) is 0 Å². The molecule has 3 aromatic carbocycles. The monoisotopic (exact) mass is 1360 g/mol. The van der Waals surface area contributed by atoms with E-state index in [1.54, 1.807) is 60.8 Å². The number of carbonyl (C=O) groups is 13. The van der Waals surface area contributed by atoms with Gasteiger partial charge in [-0.1, -0.05) is 60.7 Å². The largest absolute Gasteiger partial charge is 0.508 e. The summed E-state index contributed by atoms with van der Waals surface area (Å²) in [5, 5.41) is 72.1. The summed E-state index contributed by atoms with van der Waals surface area (Å²) in [5.74, 6) is -14.7. The zero-order chi connectivity index (χ0) is 70.1. The molecule has 0 saturated carbocycles. The van der Waals surface area contributed by atoms with Crippen molar-refractivity contribution < 1.29 is 87.9 Å². The standard InChI is InChI=1S/C62H83N13O18S2/c1-32(62(92)93)66-58(88)46(30-94)72-55(85)43(26-35-17-19-37(77)20-18-35)68-53(83)41(15-8-9-23-63)67-56(86)44(27-36-29-65-40-14-7-6-13-38(36)40)70-54(84)42(25-34-11-4-3-5-12-34)69-59(89)47(31-95)73-57(87)45(28-50(80)81)71-60(90)48-16-10-24-75(48)61(91)51(33(2)76)74-52(82)39(64)21-22-49(78)79/h3-7,11-14,17-20,29,32-33,39,41-48,51,65,76-77,94-95H,8-10,15-16,21-28,30-31,63-64H2,1-2H3,(H,66,88)(H,67,86)(H,68,83)(H,69,89)(H,70,84)(H,71,90)(H,72,85)(H,73,87)(H,74,82)(H,78,79)(H,80,81)(H,92,93)/t32-,33+,39-,41-,42-,43-,44-,45-,46-,47-,48+,51-/m0/s1. The number of phenolic OH excluding ortho intramolecular Hbond substituents is 1. The van der Waals surface area contributed by atoms with Gasteiger partial charge in [-0.3, -0.25) is 62.3 Å². The maximum atomic E-state index is 15.0. The molecule has 12 atom stereocenters. The number of aliphatic hydroxyl groups is 1. The normalized spacial score (nSPS) is 16.2. The fourth-order valence-electron chi connectivity index (χ4n) is 10.2. The highest BCUT2D eigenvalue weighted by Gasteiger charge is 2.42. The van der Waals surface area contributed by atoms with Crippen LogP contribution in [0.4, 0.5) is 0 Å². The summed E-state index contributed by atoms with van der Waals surface area (Å²) in [6.07, 6.45) is -1.67. The van der Waals surface area contributed by atoms with E-state index in [9.17, 15) is 82.8 Å². The van der Waals surface area contributed by atoms with Crippen molar-refractivity contribution in [1.29, 1.82) is 0 Å². The van der Waals surface area contributed by atoms with E-state index < -0.39 is 168 Å². The second-order valence-corrected chi connectivity index (χ2v) is 23.6. The zero-order valence-electron chi connectivity index (χ0n) is 52.2. The molecule has 31 nitrogen and oxygen atoms in total. The van der Waals surface area contributed by atoms with Crippen LogP contribution in [0.1, 0.15) is 81.9 Å². The molecule has 10 amide bonds. The smallest absolute Gasteiger partial charge is 0.325 e. The van der Waals surface area contributed by atoms with E-state index in [1.165, 1.54) is 38.1 Å². The van der Waals surface area contributed by atoms with Crippen molar-refractivity contribution in [2.24, 2.45) is 11.5 Å². The number of unbranched alkanes of at least 4 members (excludes halogenated alkanes) is 1. The first-order chi connectivity index (χ1) is 45.1. The molecule has 1 fully saturated rings. The van der Waals surface area contributed by atoms with Crippen LogP contribution in [0, 0.1) is 0 Å². The van der Waals surface area contributed by atoms with Gasteiger partial charge in [-0.25, -0.2) is 0 Å². The van der Waals surface area contributed by atoms with Gasteiger partial charge in [-0.2, -0.15) is 25.3 Å². The lowest BCUT2D eigenvalue weighted by molar-refractivity contribution is -0.145. The number of likely N-dealkylation sites (tertiary alicyclic amines) is 1. The Balaban J connectivity index is 1.41. The number of carboxylic acid groups (broad SMARTS) is 3. The molecule has 1 saturated heterocycles. The van der Waals surface area contributed by atoms with Crippen LogP contribution >= 0.6 is 25.3 Å². The third-order valence-electron chi connectivity index (χ3n) is 15.5. The molecule has 516 valence electrons. The van der Waals surface area contributed by atoms with Crippen molar-refractivity contribution in [2.45, 2.75) is 157 Å². The lowest BCUT2D eigenvalue weighted by Crippen LogP contribution is -2.61. The van der Waals surface area contributed by atoms with E-state index in [0.29, 0.717) is 34.0 Å². The van der Waals surface area contributed by atoms with Gasteiger partial charge in [-0.15, -0.1) is 0 Å². The Kier molecular flexibility index (Phi) is 30.2. The maximum absolute atomic E-state index is 15.0. The molecule has 4 aromatic rings. The number of H-pyrrole nitrogens is 1. The number of aromatic amines is 1. The Labute approximate surface area is 557 Å². The van der Waals surface area contributed by atoms with Crippen molar-refractivity contribution >= 4 is 113 Å². The van der Waals surface area contributed by atoms with Gasteiger partial charge >= 0.3 is 17.9 Å². The summed E-state index contributed by atoms with van der Waals surface area (Å²) >= 11 is 8.46. The molecule has 33 heteroatoms. The fraction of sp³-hybridized carbons (Fsp3) is 0.468. The van der Waals surface area contributed by atoms with Gasteiger partial charge in [0.05, 0.1) is 18.6 Å². The third kappa shape index (κ3) is 23.6. The highest BCUT2D eigenvalue weighted by atomic mass is 32.1. The molecule has 0 spiro atoms. The average molecular weight is 1360 g/mol. The van der Waals surface area contributed by atoms with Crippen LogP contribution in [-0.2, 0) is 81.6 Å². The molecule has 5 rings (SSSR count). The molecule has 95 heavy (non-hydrogen) atoms. The summed E-state index contributed by atoms with van der Waals surface area (Å²) in [6.45, 7) is 2.50. The first-order valence-electron chi connectivity index (χ1n) is 30.6. The first kappa shape index (κ1) is 76.4. The number of aliphatic carboxylic acids is 3. The van der Waals surface area contributed by atoms with Gasteiger partial charge in [0, 0.05) is 60.8 Å². The highest BCUT2D eigenvalue weighted by Crippen LogP contribution is 2.22. The van der Waals surface area contributed by atoms with Gasteiger partial charge in [0.25, 0.3) is 0 Å². The Hall–Kier alpha value is -9.31. The van der Waals surface area contributed by atoms with E-state index in [2.05, 4.69) is 78.1 Å². The number of rotatable bonds is 38. The topological polar surface area (TPSA) is 502 Å². The fourth-order valence-corrected chi connectivity index (χ4v) is 10.7. The molecule has 1 aliphatic heterocycles. The number of hydrogen-bond acceptors (Lipinski definition) is 19. The summed E-state index contributed by atoms with van der Waals surface area (Å²) < 4.78 is 0. The minimum atomic E-state index is -1.90. The lowest BCUT2D eigenvalue weighted by atomic mass is 10.0. The minimum absolute atomic E-state index is 0.0100. The molecule has 1 aliphatic rings. The molecule has 0 aliphatic carbocycles. The van der Waals surface area contributed by atoms with Crippen molar-refractivity contribution in [3.8, 4) is 5.75 Å². The summed E-state index contributed by atoms with van der Waals surface area (Å²) in [4.78, 5) is 180. The van der Waals surface area contributed by atoms with Gasteiger partial charge in [0.1, 0.15) is 66.2 Å². The number of thiol groups is 2. The number of hydrogen-bond donors (Lipinski definition) is 19. The van der Waals surface area contributed by atoms with E-state index in [4.69, 9.17) is 16.6 Å². The average Bonchev–Trinajstić information content (AvgIpc) is 1.81. The quantitative estimate of drug-likeness (QED) is 0.0162. The van der Waals surface area contributed by atoms with Crippen LogP contribution in [0.25, 0.3) is 10.9 Å². The van der Waals surface area contributed by atoms with Gasteiger partial charge in [0.15, 0.2) is 0 Å². The number of nitrogens with two attached hydrogens (primary N) is 2. The number of carboxylic acids is 3. The predicted octanol–water partition coefficient (Wildman–Crippen LogP) is -2.60. The van der Waals surface area contributed by atoms with E-state index in [1.807, 2.05) is 0 Å². The molecule has 19 N–H and O–H groups in total. The lowest BCUT2D eigenvalue weighted by Gasteiger charge is -2.31. The molecule has 0 radical (unpaired) electrons. The number of phenols is 1. The van der Waals surface area contributed by atoms with Crippen molar-refractivity contribution in [3.05, 3.63) is 102 Å². The number of fused-ring (bicyclic) bond motifs is 1. The third-order valence-corrected chi connectivity index (χ3v) is 16.2. The van der Waals surface area contributed by atoms with E-state index in [-0.39, 0.29) is 76.0 Å². The maximum Gasteiger partial charge on any atom is 0.325 e. The second-order valence-electron chi connectivity index (χ2n) is 22.8. The molecular formula is C62H83N13O18S2. The van der Waals surface area contributed by atoms with E-state index >= 15 is 0 Å². The Morgan fingerprint density at radius 2 is 1.08 bits per heavy atom. The number of aromatic nitrogens is 1. The van der Waals surface area contributed by atoms with Crippen LogP contribution in [0.3, 0.4) is 0 Å². The number of nitrogens with zero attached hydrogens (tertiary/aromatic N) is 1. The van der Waals surface area contributed by atoms with Gasteiger partial charge in [0.2, 0.25) is 59.1 Å². The Morgan fingerprint density at radius 1 is 0.579 bits per heavy atom. The van der Waals surface area contributed by atoms with Crippen molar-refractivity contribution in [2.75, 3.05) is 24.6 Å². The SMILES string of the molecule is C[C@H](NC(=O)[C@H](CS)NC(=O)[C@H](Cc1ccc(O)cc1)NC(=O)[C@H](CCCCN)NC(=O)[C@H](Cc1c[nH]c2ccccc12)NC(=O)[C@H](Cc1ccccc1)NC(=O)[C@H](CS)NC(=O)[C@H](CC(=O)O)NC(=O)[C@H]1CCCN1C(=O)[C@@H](NC(=O)[C@@H](N)CCC(=O)O)[C@@H](C)O)C(=O)O. The minimum Gasteiger partial charge on any atom is -0.508 e. The van der Waals surface area contributed by atoms with Crippen LogP contribution in [0.2, 0.25) is 0 Å². The zero-order valence-corrected chi connectivity index (χ0v) is 53.9. The number of amides is 10. The second kappa shape index (κ2) is 37.5. The van der Waals surface area contributed by atoms with Gasteiger partial charge in [-0.05, 0) is 93.8 Å². The number of aromatic hydroxyl groups is 1. The molecular weight excluding hydrogens is 1280 g/mol. The van der Waals surface area contributed by atoms with Gasteiger partial charge < -0.3 is 94.7 Å². The highest BCUT2D eigenvalue weighted by molar-refractivity contribution is 7.80. The molecule has 0 unspecified atom stereocenters. The van der Waals surface area contributed by atoms with Crippen LogP contribution in [-0.4, -0.2) is 210 Å².